The Morgan fingerprint density at radius 3 is 1.57 bits per heavy atom. The highest BCUT2D eigenvalue weighted by molar-refractivity contribution is 4.80. The fraction of sp³-hybridized carbons (Fsp3) is 0.611. The molecule has 0 saturated carbocycles. The number of ether oxygens (including phenoxy) is 4. The highest BCUT2D eigenvalue weighted by Crippen LogP contribution is 2.07. The summed E-state index contributed by atoms with van der Waals surface area (Å²) in [6.45, 7) is 9.27. The number of aromatic nitrogens is 3. The Hall–Kier alpha value is -2.27. The SMILES string of the molecule is C=CCOCCn1c(=O)n(CCOCC=C)c(=O)n(CCOCC2CO2)c1=O. The molecular formula is C18H27N3O7. The van der Waals surface area contributed by atoms with Crippen LogP contribution in [0.4, 0.5) is 0 Å². The average Bonchev–Trinajstić information content (AvgIpc) is 3.50. The molecular weight excluding hydrogens is 370 g/mol. The molecule has 0 aliphatic carbocycles. The van der Waals surface area contributed by atoms with E-state index >= 15 is 0 Å². The standard InChI is InChI=1S/C18H27N3O7/c1-3-8-25-10-5-19-16(22)20(6-11-26-9-4-2)18(24)21(17(19)23)7-12-27-13-15-14-28-15/h3-4,15H,1-2,5-14H2. The minimum Gasteiger partial charge on any atom is -0.377 e. The Morgan fingerprint density at radius 2 is 1.21 bits per heavy atom. The van der Waals surface area contributed by atoms with Crippen molar-refractivity contribution in [2.75, 3.05) is 46.2 Å². The Kier molecular flexibility index (Phi) is 9.08. The van der Waals surface area contributed by atoms with Crippen LogP contribution in [0.2, 0.25) is 0 Å². The van der Waals surface area contributed by atoms with Gasteiger partial charge in [0, 0.05) is 0 Å². The first-order valence-corrected chi connectivity index (χ1v) is 9.11. The average molecular weight is 397 g/mol. The molecule has 0 aromatic carbocycles. The normalized spacial score (nSPS) is 15.5. The van der Waals surface area contributed by atoms with Crippen molar-refractivity contribution in [3.63, 3.8) is 0 Å². The summed E-state index contributed by atoms with van der Waals surface area (Å²) < 4.78 is 24.0. The van der Waals surface area contributed by atoms with E-state index in [9.17, 15) is 14.4 Å². The van der Waals surface area contributed by atoms with Crippen molar-refractivity contribution in [3.05, 3.63) is 56.8 Å². The van der Waals surface area contributed by atoms with Gasteiger partial charge in [-0.1, -0.05) is 12.2 Å². The van der Waals surface area contributed by atoms with Crippen LogP contribution in [0.15, 0.2) is 39.7 Å². The second-order valence-corrected chi connectivity index (χ2v) is 6.06. The van der Waals surface area contributed by atoms with Crippen molar-refractivity contribution in [1.29, 1.82) is 0 Å². The first-order chi connectivity index (χ1) is 13.6. The van der Waals surface area contributed by atoms with Gasteiger partial charge in [-0.3, -0.25) is 0 Å². The molecule has 1 fully saturated rings. The van der Waals surface area contributed by atoms with Crippen LogP contribution < -0.4 is 17.1 Å². The summed E-state index contributed by atoms with van der Waals surface area (Å²) in [7, 11) is 0. The van der Waals surface area contributed by atoms with E-state index in [1.165, 1.54) is 0 Å². The maximum absolute atomic E-state index is 12.7. The van der Waals surface area contributed by atoms with Gasteiger partial charge >= 0.3 is 17.1 Å². The summed E-state index contributed by atoms with van der Waals surface area (Å²) in [5, 5.41) is 0. The van der Waals surface area contributed by atoms with Gasteiger partial charge in [0.05, 0.1) is 65.9 Å². The first-order valence-electron chi connectivity index (χ1n) is 9.11. The van der Waals surface area contributed by atoms with Gasteiger partial charge in [-0.15, -0.1) is 13.2 Å². The zero-order chi connectivity index (χ0) is 20.4. The molecule has 1 atom stereocenters. The smallest absolute Gasteiger partial charge is 0.336 e. The maximum atomic E-state index is 12.7. The van der Waals surface area contributed by atoms with Crippen LogP contribution in [0.3, 0.4) is 0 Å². The van der Waals surface area contributed by atoms with Crippen LogP contribution >= 0.6 is 0 Å². The second-order valence-electron chi connectivity index (χ2n) is 6.06. The summed E-state index contributed by atoms with van der Waals surface area (Å²) >= 11 is 0. The quantitative estimate of drug-likeness (QED) is 0.212. The maximum Gasteiger partial charge on any atom is 0.336 e. The van der Waals surface area contributed by atoms with E-state index in [4.69, 9.17) is 18.9 Å². The van der Waals surface area contributed by atoms with Gasteiger partial charge in [-0.2, -0.15) is 0 Å². The highest BCUT2D eigenvalue weighted by atomic mass is 16.6. The summed E-state index contributed by atoms with van der Waals surface area (Å²) in [5.74, 6) is 0. The number of rotatable bonds is 15. The monoisotopic (exact) mass is 397 g/mol. The summed E-state index contributed by atoms with van der Waals surface area (Å²) in [6.07, 6.45) is 3.23. The molecule has 10 nitrogen and oxygen atoms in total. The molecule has 1 unspecified atom stereocenters. The van der Waals surface area contributed by atoms with Crippen LogP contribution in [0.25, 0.3) is 0 Å². The summed E-state index contributed by atoms with van der Waals surface area (Å²) in [6, 6.07) is 0. The largest absolute Gasteiger partial charge is 0.377 e. The molecule has 2 rings (SSSR count). The third-order valence-electron chi connectivity index (χ3n) is 3.94. The fourth-order valence-corrected chi connectivity index (χ4v) is 2.44. The molecule has 1 aliphatic rings. The van der Waals surface area contributed by atoms with Gasteiger partial charge < -0.3 is 18.9 Å². The van der Waals surface area contributed by atoms with E-state index in [0.717, 1.165) is 13.7 Å². The molecule has 156 valence electrons. The molecule has 1 saturated heterocycles. The minimum absolute atomic E-state index is 0.0239. The lowest BCUT2D eigenvalue weighted by atomic mass is 10.5. The number of nitrogens with zero attached hydrogens (tertiary/aromatic N) is 3. The second kappa shape index (κ2) is 11.5. The van der Waals surface area contributed by atoms with Gasteiger partial charge in [0.25, 0.3) is 0 Å². The van der Waals surface area contributed by atoms with E-state index in [-0.39, 0.29) is 45.6 Å². The molecule has 0 radical (unpaired) electrons. The molecule has 1 aromatic heterocycles. The van der Waals surface area contributed by atoms with Crippen molar-refractivity contribution in [2.45, 2.75) is 25.7 Å². The fourth-order valence-electron chi connectivity index (χ4n) is 2.44. The predicted molar refractivity (Wildman–Crippen MR) is 102 cm³/mol. The van der Waals surface area contributed by atoms with E-state index < -0.39 is 17.1 Å². The number of epoxide rings is 1. The molecule has 0 N–H and O–H groups in total. The summed E-state index contributed by atoms with van der Waals surface area (Å²) in [4.78, 5) is 37.9. The lowest BCUT2D eigenvalue weighted by Crippen LogP contribution is -2.55. The van der Waals surface area contributed by atoms with Crippen molar-refractivity contribution in [1.82, 2.24) is 13.7 Å². The Labute approximate surface area is 162 Å². The molecule has 1 aliphatic heterocycles. The van der Waals surface area contributed by atoms with Crippen LogP contribution in [-0.2, 0) is 38.6 Å². The first kappa shape index (κ1) is 22.0. The molecule has 10 heteroatoms. The van der Waals surface area contributed by atoms with Crippen molar-refractivity contribution in [2.24, 2.45) is 0 Å². The van der Waals surface area contributed by atoms with Crippen LogP contribution in [-0.4, -0.2) is 66.1 Å². The molecule has 28 heavy (non-hydrogen) atoms. The van der Waals surface area contributed by atoms with Crippen LogP contribution in [0, 0.1) is 0 Å². The van der Waals surface area contributed by atoms with Gasteiger partial charge in [0.2, 0.25) is 0 Å². The van der Waals surface area contributed by atoms with Crippen molar-refractivity contribution in [3.8, 4) is 0 Å². The zero-order valence-corrected chi connectivity index (χ0v) is 15.9. The van der Waals surface area contributed by atoms with Crippen LogP contribution in [0.1, 0.15) is 0 Å². The Balaban J connectivity index is 2.19. The molecule has 1 aromatic rings. The minimum atomic E-state index is -0.692. The van der Waals surface area contributed by atoms with Crippen LogP contribution in [0.5, 0.6) is 0 Å². The molecule has 2 heterocycles. The van der Waals surface area contributed by atoms with Crippen molar-refractivity contribution < 1.29 is 18.9 Å². The Bertz CT molecular complexity index is 766. The summed E-state index contributed by atoms with van der Waals surface area (Å²) in [5.41, 5.74) is -2.07. The Morgan fingerprint density at radius 1 is 0.821 bits per heavy atom. The van der Waals surface area contributed by atoms with Gasteiger partial charge in [0.1, 0.15) is 6.10 Å². The van der Waals surface area contributed by atoms with Gasteiger partial charge in [-0.25, -0.2) is 28.1 Å². The highest BCUT2D eigenvalue weighted by Gasteiger charge is 2.22. The predicted octanol–water partition coefficient (Wildman–Crippen LogP) is -1.01. The third kappa shape index (κ3) is 6.41. The molecule has 0 amide bonds. The number of hydrogen-bond acceptors (Lipinski definition) is 7. The zero-order valence-electron chi connectivity index (χ0n) is 15.9. The lowest BCUT2D eigenvalue weighted by Gasteiger charge is -2.14. The van der Waals surface area contributed by atoms with Gasteiger partial charge in [0.15, 0.2) is 0 Å². The van der Waals surface area contributed by atoms with E-state index in [1.54, 1.807) is 12.2 Å². The third-order valence-corrected chi connectivity index (χ3v) is 3.94. The van der Waals surface area contributed by atoms with E-state index in [2.05, 4.69) is 13.2 Å². The van der Waals surface area contributed by atoms with E-state index in [0.29, 0.717) is 26.4 Å². The van der Waals surface area contributed by atoms with Crippen molar-refractivity contribution >= 4 is 0 Å². The van der Waals surface area contributed by atoms with E-state index in [1.807, 2.05) is 0 Å². The number of hydrogen-bond donors (Lipinski definition) is 0. The molecule has 0 spiro atoms. The topological polar surface area (TPSA) is 106 Å². The van der Waals surface area contributed by atoms with Gasteiger partial charge in [-0.05, 0) is 0 Å². The lowest BCUT2D eigenvalue weighted by molar-refractivity contribution is 0.106. The molecule has 0 bridgehead atoms.